The van der Waals surface area contributed by atoms with Gasteiger partial charge in [0.05, 0.1) is 35.4 Å². The molecule has 1 aliphatic heterocycles. The predicted octanol–water partition coefficient (Wildman–Crippen LogP) is 2.97. The first-order valence-corrected chi connectivity index (χ1v) is 12.5. The van der Waals surface area contributed by atoms with Gasteiger partial charge in [0.2, 0.25) is 0 Å². The zero-order valence-electron chi connectivity index (χ0n) is 17.3. The van der Waals surface area contributed by atoms with Crippen molar-refractivity contribution in [3.8, 4) is 0 Å². The summed E-state index contributed by atoms with van der Waals surface area (Å²) < 4.78 is 31.0. The molecule has 1 N–H and O–H groups in total. The molecule has 0 saturated carbocycles. The highest BCUT2D eigenvalue weighted by Crippen LogP contribution is 2.38. The van der Waals surface area contributed by atoms with Crippen LogP contribution >= 0.6 is 11.3 Å². The maximum atomic E-state index is 12.9. The Morgan fingerprint density at radius 2 is 2.10 bits per heavy atom. The summed E-state index contributed by atoms with van der Waals surface area (Å²) in [6.45, 7) is 5.85. The molecular weight excluding hydrogens is 440 g/mol. The fraction of sp³-hybridized carbons (Fsp3) is 0.400. The lowest BCUT2D eigenvalue weighted by molar-refractivity contribution is 0.0527. The lowest BCUT2D eigenvalue weighted by Gasteiger charge is -2.13. The van der Waals surface area contributed by atoms with Gasteiger partial charge in [-0.05, 0) is 38.8 Å². The zero-order chi connectivity index (χ0) is 22.3. The molecular formula is C20H22N4O5S2. The Morgan fingerprint density at radius 1 is 1.32 bits per heavy atom. The number of pyridine rings is 1. The first-order chi connectivity index (χ1) is 14.7. The molecule has 0 radical (unpaired) electrons. The van der Waals surface area contributed by atoms with Crippen molar-refractivity contribution in [1.29, 1.82) is 0 Å². The van der Waals surface area contributed by atoms with Crippen LogP contribution in [-0.2, 0) is 26.7 Å². The minimum Gasteiger partial charge on any atom is -0.462 e. The average Bonchev–Trinajstić information content (AvgIpc) is 3.27. The van der Waals surface area contributed by atoms with E-state index in [2.05, 4.69) is 15.4 Å². The Hall–Kier alpha value is -2.79. The number of amides is 1. The van der Waals surface area contributed by atoms with Gasteiger partial charge in [0.25, 0.3) is 5.91 Å². The minimum absolute atomic E-state index is 0.0308. The van der Waals surface area contributed by atoms with E-state index in [9.17, 15) is 18.0 Å². The maximum Gasteiger partial charge on any atom is 0.341 e. The second-order valence-corrected chi connectivity index (χ2v) is 10.8. The number of nitrogens with zero attached hydrogens (tertiary/aromatic N) is 3. The van der Waals surface area contributed by atoms with Crippen LogP contribution in [0.1, 0.15) is 58.0 Å². The van der Waals surface area contributed by atoms with Crippen molar-refractivity contribution >= 4 is 49.1 Å². The molecule has 1 amide bonds. The number of anilines is 1. The van der Waals surface area contributed by atoms with Gasteiger partial charge in [0, 0.05) is 22.5 Å². The SMILES string of the molecule is CCOC(=O)c1c(NC(=O)c2cnc3c(cnn3C(C)C)c2)sc2c1CCS(=O)(=O)C2. The quantitative estimate of drug-likeness (QED) is 0.579. The van der Waals surface area contributed by atoms with Gasteiger partial charge < -0.3 is 10.1 Å². The molecule has 0 aromatic carbocycles. The van der Waals surface area contributed by atoms with Crippen molar-refractivity contribution in [2.75, 3.05) is 17.7 Å². The van der Waals surface area contributed by atoms with E-state index in [-0.39, 0.29) is 36.1 Å². The number of hydrogen-bond donors (Lipinski definition) is 1. The summed E-state index contributed by atoms with van der Waals surface area (Å²) in [6, 6.07) is 1.82. The summed E-state index contributed by atoms with van der Waals surface area (Å²) in [7, 11) is -3.22. The summed E-state index contributed by atoms with van der Waals surface area (Å²) >= 11 is 1.10. The van der Waals surface area contributed by atoms with Gasteiger partial charge in [0.1, 0.15) is 5.00 Å². The van der Waals surface area contributed by atoms with Crippen LogP contribution in [0, 0.1) is 0 Å². The number of aromatic nitrogens is 3. The number of rotatable bonds is 5. The standard InChI is InChI=1S/C20H22N4O5S2/c1-4-29-20(26)16-14-5-6-31(27,28)10-15(14)30-19(16)23-18(25)13-7-12-9-22-24(11(2)3)17(12)21-8-13/h7-9,11H,4-6,10H2,1-3H3,(H,23,25). The Kier molecular flexibility index (Phi) is 5.56. The molecule has 4 heterocycles. The number of nitrogens with one attached hydrogen (secondary N) is 1. The van der Waals surface area contributed by atoms with Crippen LogP contribution in [0.2, 0.25) is 0 Å². The van der Waals surface area contributed by atoms with Crippen LogP contribution < -0.4 is 5.32 Å². The summed E-state index contributed by atoms with van der Waals surface area (Å²) in [4.78, 5) is 30.4. The summed E-state index contributed by atoms with van der Waals surface area (Å²) in [6.07, 6.45) is 3.33. The van der Waals surface area contributed by atoms with Crippen LogP contribution in [-0.4, -0.2) is 47.4 Å². The molecule has 9 nitrogen and oxygen atoms in total. The Labute approximate surface area is 183 Å². The summed E-state index contributed by atoms with van der Waals surface area (Å²) in [5.41, 5.74) is 1.87. The molecule has 31 heavy (non-hydrogen) atoms. The number of carbonyl (C=O) groups is 2. The molecule has 1 aliphatic rings. The van der Waals surface area contributed by atoms with Gasteiger partial charge in [-0.15, -0.1) is 11.3 Å². The predicted molar refractivity (Wildman–Crippen MR) is 117 cm³/mol. The van der Waals surface area contributed by atoms with Gasteiger partial charge in [0.15, 0.2) is 15.5 Å². The van der Waals surface area contributed by atoms with Crippen LogP contribution in [0.4, 0.5) is 5.00 Å². The zero-order valence-corrected chi connectivity index (χ0v) is 19.0. The minimum atomic E-state index is -3.22. The highest BCUT2D eigenvalue weighted by atomic mass is 32.2. The Bertz CT molecular complexity index is 1290. The van der Waals surface area contributed by atoms with Crippen molar-refractivity contribution in [3.05, 3.63) is 40.0 Å². The van der Waals surface area contributed by atoms with E-state index < -0.39 is 21.7 Å². The van der Waals surface area contributed by atoms with Crippen LogP contribution in [0.5, 0.6) is 0 Å². The number of hydrogen-bond acceptors (Lipinski definition) is 8. The first kappa shape index (κ1) is 21.4. The molecule has 164 valence electrons. The largest absolute Gasteiger partial charge is 0.462 e. The second kappa shape index (κ2) is 8.04. The van der Waals surface area contributed by atoms with Gasteiger partial charge in [-0.25, -0.2) is 22.9 Å². The van der Waals surface area contributed by atoms with Gasteiger partial charge in [-0.1, -0.05) is 0 Å². The monoisotopic (exact) mass is 462 g/mol. The third-order valence-electron chi connectivity index (χ3n) is 5.00. The third kappa shape index (κ3) is 4.07. The van der Waals surface area contributed by atoms with Gasteiger partial charge in [-0.2, -0.15) is 5.10 Å². The normalized spacial score (nSPS) is 15.1. The topological polar surface area (TPSA) is 120 Å². The van der Waals surface area contributed by atoms with Crippen molar-refractivity contribution < 1.29 is 22.7 Å². The second-order valence-electron chi connectivity index (χ2n) is 7.54. The third-order valence-corrected chi connectivity index (χ3v) is 7.88. The van der Waals surface area contributed by atoms with E-state index in [0.717, 1.165) is 16.7 Å². The van der Waals surface area contributed by atoms with Crippen molar-refractivity contribution in [2.24, 2.45) is 0 Å². The highest BCUT2D eigenvalue weighted by molar-refractivity contribution is 7.90. The highest BCUT2D eigenvalue weighted by Gasteiger charge is 2.32. The van der Waals surface area contributed by atoms with E-state index in [4.69, 9.17) is 4.74 Å². The average molecular weight is 463 g/mol. The molecule has 0 spiro atoms. The summed E-state index contributed by atoms with van der Waals surface area (Å²) in [5, 5.41) is 8.08. The van der Waals surface area contributed by atoms with E-state index in [1.54, 1.807) is 23.9 Å². The van der Waals surface area contributed by atoms with Crippen molar-refractivity contribution in [2.45, 2.75) is 39.0 Å². The molecule has 3 aromatic heterocycles. The number of sulfone groups is 1. The van der Waals surface area contributed by atoms with E-state index in [1.165, 1.54) is 6.20 Å². The van der Waals surface area contributed by atoms with Crippen molar-refractivity contribution in [3.63, 3.8) is 0 Å². The molecule has 0 bridgehead atoms. The van der Waals surface area contributed by atoms with Gasteiger partial charge >= 0.3 is 5.97 Å². The number of fused-ring (bicyclic) bond motifs is 2. The Morgan fingerprint density at radius 3 is 2.81 bits per heavy atom. The fourth-order valence-corrected chi connectivity index (χ4v) is 6.58. The molecule has 3 aromatic rings. The molecule has 0 unspecified atom stereocenters. The van der Waals surface area contributed by atoms with E-state index >= 15 is 0 Å². The Balaban J connectivity index is 1.68. The van der Waals surface area contributed by atoms with Crippen molar-refractivity contribution in [1.82, 2.24) is 14.8 Å². The lowest BCUT2D eigenvalue weighted by atomic mass is 10.1. The number of ether oxygens (including phenoxy) is 1. The van der Waals surface area contributed by atoms with Crippen LogP contribution in [0.3, 0.4) is 0 Å². The van der Waals surface area contributed by atoms with Gasteiger partial charge in [-0.3, -0.25) is 4.79 Å². The molecule has 0 saturated heterocycles. The maximum absolute atomic E-state index is 12.9. The summed E-state index contributed by atoms with van der Waals surface area (Å²) in [5.74, 6) is -1.19. The smallest absolute Gasteiger partial charge is 0.341 e. The van der Waals surface area contributed by atoms with Crippen LogP contribution in [0.15, 0.2) is 18.5 Å². The van der Waals surface area contributed by atoms with E-state index in [0.29, 0.717) is 26.7 Å². The first-order valence-electron chi connectivity index (χ1n) is 9.87. The molecule has 0 fully saturated rings. The molecule has 11 heteroatoms. The molecule has 0 atom stereocenters. The number of esters is 1. The fourth-order valence-electron chi connectivity index (χ4n) is 3.55. The molecule has 4 rings (SSSR count). The molecule has 0 aliphatic carbocycles. The van der Waals surface area contributed by atoms with Crippen LogP contribution in [0.25, 0.3) is 11.0 Å². The van der Waals surface area contributed by atoms with E-state index in [1.807, 2.05) is 13.8 Å². The number of thiophene rings is 1. The number of carbonyl (C=O) groups excluding carboxylic acids is 2. The lowest BCUT2D eigenvalue weighted by Crippen LogP contribution is -2.20.